The molecule has 26 heavy (non-hydrogen) atoms. The van der Waals surface area contributed by atoms with Crippen LogP contribution in [0.15, 0.2) is 42.5 Å². The van der Waals surface area contributed by atoms with Gasteiger partial charge in [0.25, 0.3) is 0 Å². The minimum Gasteiger partial charge on any atom is -0.492 e. The molecule has 0 radical (unpaired) electrons. The van der Waals surface area contributed by atoms with E-state index in [0.717, 1.165) is 16.9 Å². The normalized spacial score (nSPS) is 10.1. The van der Waals surface area contributed by atoms with E-state index < -0.39 is 0 Å². The summed E-state index contributed by atoms with van der Waals surface area (Å²) in [7, 11) is 0. The van der Waals surface area contributed by atoms with Gasteiger partial charge in [0, 0.05) is 17.8 Å². The first kappa shape index (κ1) is 19.3. The molecule has 0 atom stereocenters. The molecule has 0 aromatic heterocycles. The van der Waals surface area contributed by atoms with Gasteiger partial charge in [-0.25, -0.2) is 0 Å². The summed E-state index contributed by atoms with van der Waals surface area (Å²) in [4.78, 5) is 23.8. The first-order valence-electron chi connectivity index (χ1n) is 8.69. The Morgan fingerprint density at radius 2 is 1.69 bits per heavy atom. The molecule has 0 heterocycles. The molecule has 0 spiro atoms. The predicted octanol–water partition coefficient (Wildman–Crippen LogP) is 3.79. The van der Waals surface area contributed by atoms with Gasteiger partial charge in [-0.2, -0.15) is 0 Å². The molecule has 138 valence electrons. The molecule has 0 bridgehead atoms. The van der Waals surface area contributed by atoms with Crippen LogP contribution in [0.5, 0.6) is 5.75 Å². The smallest absolute Gasteiger partial charge is 0.243 e. The number of carbonyl (C=O) groups is 2. The van der Waals surface area contributed by atoms with E-state index in [1.54, 1.807) is 13.0 Å². The van der Waals surface area contributed by atoms with E-state index in [4.69, 9.17) is 4.74 Å². The average Bonchev–Trinajstić information content (AvgIpc) is 2.64. The summed E-state index contributed by atoms with van der Waals surface area (Å²) in [5.41, 5.74) is 3.10. The van der Waals surface area contributed by atoms with Gasteiger partial charge in [0.05, 0.1) is 18.8 Å². The van der Waals surface area contributed by atoms with Crippen LogP contribution in [0.1, 0.15) is 25.8 Å². The lowest BCUT2D eigenvalue weighted by molar-refractivity contribution is -0.116. The number of hydrogen-bond donors (Lipinski definition) is 3. The molecule has 0 saturated heterocycles. The van der Waals surface area contributed by atoms with Crippen molar-refractivity contribution in [2.45, 2.75) is 27.2 Å². The molecule has 0 aliphatic rings. The highest BCUT2D eigenvalue weighted by Gasteiger charge is 2.08. The van der Waals surface area contributed by atoms with E-state index in [1.165, 1.54) is 0 Å². The SMILES string of the molecule is CCOc1ccccc1NC(=O)CNc1ccc(C)c(NC(=O)CC)c1. The third-order valence-corrected chi connectivity index (χ3v) is 3.75. The number of hydrogen-bond acceptors (Lipinski definition) is 4. The number of amides is 2. The summed E-state index contributed by atoms with van der Waals surface area (Å²) in [6.07, 6.45) is 0.415. The summed E-state index contributed by atoms with van der Waals surface area (Å²) < 4.78 is 5.50. The Balaban J connectivity index is 1.97. The minimum atomic E-state index is -0.183. The minimum absolute atomic E-state index is 0.0458. The number of anilines is 3. The number of para-hydroxylation sites is 2. The molecular formula is C20H25N3O3. The number of ether oxygens (including phenoxy) is 1. The molecule has 2 amide bonds. The van der Waals surface area contributed by atoms with Crippen molar-refractivity contribution in [1.82, 2.24) is 0 Å². The monoisotopic (exact) mass is 355 g/mol. The first-order chi connectivity index (χ1) is 12.5. The van der Waals surface area contributed by atoms with Gasteiger partial charge in [0.15, 0.2) is 0 Å². The van der Waals surface area contributed by atoms with Gasteiger partial charge in [0.1, 0.15) is 5.75 Å². The Morgan fingerprint density at radius 1 is 0.962 bits per heavy atom. The second kappa shape index (κ2) is 9.46. The van der Waals surface area contributed by atoms with Crippen molar-refractivity contribution >= 4 is 28.9 Å². The first-order valence-corrected chi connectivity index (χ1v) is 8.69. The zero-order chi connectivity index (χ0) is 18.9. The number of aryl methyl sites for hydroxylation is 1. The zero-order valence-electron chi connectivity index (χ0n) is 15.4. The summed E-state index contributed by atoms with van der Waals surface area (Å²) >= 11 is 0. The highest BCUT2D eigenvalue weighted by Crippen LogP contribution is 2.24. The largest absolute Gasteiger partial charge is 0.492 e. The van der Waals surface area contributed by atoms with E-state index in [1.807, 2.05) is 50.2 Å². The molecular weight excluding hydrogens is 330 g/mol. The van der Waals surface area contributed by atoms with Crippen molar-refractivity contribution in [2.24, 2.45) is 0 Å². The Bertz CT molecular complexity index is 775. The number of nitrogens with one attached hydrogen (secondary N) is 3. The average molecular weight is 355 g/mol. The fourth-order valence-corrected chi connectivity index (χ4v) is 2.33. The summed E-state index contributed by atoms with van der Waals surface area (Å²) in [6.45, 7) is 6.25. The topological polar surface area (TPSA) is 79.5 Å². The van der Waals surface area contributed by atoms with E-state index >= 15 is 0 Å². The van der Waals surface area contributed by atoms with Gasteiger partial charge in [-0.1, -0.05) is 25.1 Å². The van der Waals surface area contributed by atoms with Gasteiger partial charge in [0.2, 0.25) is 11.8 Å². The highest BCUT2D eigenvalue weighted by atomic mass is 16.5. The summed E-state index contributed by atoms with van der Waals surface area (Å²) in [5, 5.41) is 8.76. The van der Waals surface area contributed by atoms with Gasteiger partial charge in [-0.05, 0) is 43.7 Å². The van der Waals surface area contributed by atoms with Crippen LogP contribution in [-0.2, 0) is 9.59 Å². The zero-order valence-corrected chi connectivity index (χ0v) is 15.4. The summed E-state index contributed by atoms with van der Waals surface area (Å²) in [5.74, 6) is 0.413. The van der Waals surface area contributed by atoms with Gasteiger partial charge in [-0.15, -0.1) is 0 Å². The third-order valence-electron chi connectivity index (χ3n) is 3.75. The Hall–Kier alpha value is -3.02. The molecule has 2 rings (SSSR count). The molecule has 6 nitrogen and oxygen atoms in total. The van der Waals surface area contributed by atoms with E-state index in [9.17, 15) is 9.59 Å². The van der Waals surface area contributed by atoms with Crippen LogP contribution in [0.3, 0.4) is 0 Å². The van der Waals surface area contributed by atoms with Crippen LogP contribution in [0.25, 0.3) is 0 Å². The fourth-order valence-electron chi connectivity index (χ4n) is 2.33. The van der Waals surface area contributed by atoms with Crippen molar-refractivity contribution in [1.29, 1.82) is 0 Å². The van der Waals surface area contributed by atoms with E-state index in [2.05, 4.69) is 16.0 Å². The van der Waals surface area contributed by atoms with E-state index in [-0.39, 0.29) is 18.4 Å². The van der Waals surface area contributed by atoms with Crippen LogP contribution in [-0.4, -0.2) is 25.0 Å². The molecule has 0 aliphatic carbocycles. The molecule has 6 heteroatoms. The van der Waals surface area contributed by atoms with Crippen molar-refractivity contribution in [3.8, 4) is 5.75 Å². The maximum absolute atomic E-state index is 12.2. The maximum Gasteiger partial charge on any atom is 0.243 e. The standard InChI is InChI=1S/C20H25N3O3/c1-4-19(24)23-17-12-15(11-10-14(17)3)21-13-20(25)22-16-8-6-7-9-18(16)26-5-2/h6-12,21H,4-5,13H2,1-3H3,(H,22,25)(H,23,24). The molecule has 2 aromatic carbocycles. The van der Waals surface area contributed by atoms with Gasteiger partial charge < -0.3 is 20.7 Å². The van der Waals surface area contributed by atoms with Crippen molar-refractivity contribution < 1.29 is 14.3 Å². The molecule has 0 unspecified atom stereocenters. The Morgan fingerprint density at radius 3 is 2.42 bits per heavy atom. The van der Waals surface area contributed by atoms with Crippen LogP contribution < -0.4 is 20.7 Å². The van der Waals surface area contributed by atoms with Gasteiger partial charge in [-0.3, -0.25) is 9.59 Å². The second-order valence-electron chi connectivity index (χ2n) is 5.76. The highest BCUT2D eigenvalue weighted by molar-refractivity contribution is 5.95. The molecule has 3 N–H and O–H groups in total. The van der Waals surface area contributed by atoms with Crippen molar-refractivity contribution in [3.05, 3.63) is 48.0 Å². The fraction of sp³-hybridized carbons (Fsp3) is 0.300. The van der Waals surface area contributed by atoms with Gasteiger partial charge >= 0.3 is 0 Å². The quantitative estimate of drug-likeness (QED) is 0.673. The third kappa shape index (κ3) is 5.51. The number of benzene rings is 2. The lowest BCUT2D eigenvalue weighted by Gasteiger charge is -2.13. The Kier molecular flexibility index (Phi) is 7.02. The second-order valence-corrected chi connectivity index (χ2v) is 5.76. The maximum atomic E-state index is 12.2. The van der Waals surface area contributed by atoms with Crippen molar-refractivity contribution in [3.63, 3.8) is 0 Å². The van der Waals surface area contributed by atoms with Crippen molar-refractivity contribution in [2.75, 3.05) is 29.1 Å². The van der Waals surface area contributed by atoms with Crippen LogP contribution >= 0.6 is 0 Å². The molecule has 2 aromatic rings. The predicted molar refractivity (Wildman–Crippen MR) is 105 cm³/mol. The number of carbonyl (C=O) groups excluding carboxylic acids is 2. The lowest BCUT2D eigenvalue weighted by Crippen LogP contribution is -2.22. The van der Waals surface area contributed by atoms with Crippen LogP contribution in [0, 0.1) is 6.92 Å². The summed E-state index contributed by atoms with van der Waals surface area (Å²) in [6, 6.07) is 12.9. The molecule has 0 saturated carbocycles. The van der Waals surface area contributed by atoms with Crippen LogP contribution in [0.4, 0.5) is 17.1 Å². The van der Waals surface area contributed by atoms with E-state index in [0.29, 0.717) is 24.5 Å². The molecule has 0 aliphatic heterocycles. The molecule has 0 fully saturated rings. The Labute approximate surface area is 153 Å². The van der Waals surface area contributed by atoms with Crippen LogP contribution in [0.2, 0.25) is 0 Å². The number of rotatable bonds is 8. The lowest BCUT2D eigenvalue weighted by atomic mass is 10.1.